The third-order valence-electron chi connectivity index (χ3n) is 12.4. The molecule has 0 aliphatic carbocycles. The van der Waals surface area contributed by atoms with Crippen LogP contribution in [0.5, 0.6) is 0 Å². The summed E-state index contributed by atoms with van der Waals surface area (Å²) in [5, 5.41) is 18.7. The van der Waals surface area contributed by atoms with Gasteiger partial charge in [-0.3, -0.25) is 24.4 Å². The predicted octanol–water partition coefficient (Wildman–Crippen LogP) is 4.97. The van der Waals surface area contributed by atoms with Crippen LogP contribution in [0.3, 0.4) is 0 Å². The first-order chi connectivity index (χ1) is 30.0. The average molecular weight is 887 g/mol. The van der Waals surface area contributed by atoms with E-state index in [2.05, 4.69) is 60.3 Å². The number of β-amino-alcohol motifs (C(OH)–C–C–N with tert-alkyl or cyclic N) is 1. The number of nitrogens with zero attached hydrogens (tertiary/aromatic N) is 6. The number of benzene rings is 1. The molecule has 1 aromatic carbocycles. The predicted molar refractivity (Wildman–Crippen MR) is 240 cm³/mol. The molecule has 4 amide bonds. The van der Waals surface area contributed by atoms with E-state index in [9.17, 15) is 24.3 Å². The molecule has 63 heavy (non-hydrogen) atoms. The van der Waals surface area contributed by atoms with Crippen LogP contribution in [0.25, 0.3) is 33.4 Å². The zero-order chi connectivity index (χ0) is 45.4. The first kappa shape index (κ1) is 46.1. The van der Waals surface area contributed by atoms with Gasteiger partial charge in [0.15, 0.2) is 0 Å². The number of hydrogen-bond donors (Lipinski definition) is 3. The highest BCUT2D eigenvalue weighted by Gasteiger charge is 2.46. The van der Waals surface area contributed by atoms with Crippen LogP contribution in [-0.2, 0) is 48.0 Å². The number of methoxy groups -OCH3 is 2. The molecule has 4 aromatic rings. The van der Waals surface area contributed by atoms with Crippen molar-refractivity contribution in [2.45, 2.75) is 104 Å². The number of esters is 1. The molecule has 3 aliphatic rings. The van der Waals surface area contributed by atoms with Crippen LogP contribution < -0.4 is 10.7 Å². The minimum absolute atomic E-state index is 0.0701. The highest BCUT2D eigenvalue weighted by Crippen LogP contribution is 2.42. The average Bonchev–Trinajstić information content (AvgIpc) is 3.84. The van der Waals surface area contributed by atoms with Crippen LogP contribution in [0, 0.1) is 11.3 Å². The molecule has 3 aromatic heterocycles. The van der Waals surface area contributed by atoms with E-state index < -0.39 is 53.0 Å². The number of rotatable bonds is 10. The van der Waals surface area contributed by atoms with Crippen LogP contribution in [0.1, 0.15) is 76.8 Å². The number of urea groups is 1. The van der Waals surface area contributed by atoms with Gasteiger partial charge >= 0.3 is 12.0 Å². The van der Waals surface area contributed by atoms with Crippen LogP contribution in [0.2, 0.25) is 0 Å². The lowest BCUT2D eigenvalue weighted by Gasteiger charge is -2.48. The second kappa shape index (κ2) is 18.6. The van der Waals surface area contributed by atoms with Gasteiger partial charge in [0, 0.05) is 79.8 Å². The summed E-state index contributed by atoms with van der Waals surface area (Å²) in [6.07, 6.45) is 3.18. The normalized spacial score (nSPS) is 21.1. The first-order valence-corrected chi connectivity index (χ1v) is 22.7. The summed E-state index contributed by atoms with van der Waals surface area (Å²) in [4.78, 5) is 69.0. The number of hydrazine groups is 1. The number of pyridine rings is 1. The van der Waals surface area contributed by atoms with E-state index in [1.54, 1.807) is 20.4 Å². The van der Waals surface area contributed by atoms with Crippen molar-refractivity contribution in [2.24, 2.45) is 11.3 Å². The van der Waals surface area contributed by atoms with Crippen molar-refractivity contribution in [2.75, 3.05) is 54.1 Å². The second-order valence-electron chi connectivity index (χ2n) is 18.4. The van der Waals surface area contributed by atoms with Gasteiger partial charge in [-0.25, -0.2) is 15.2 Å². The molecule has 0 radical (unpaired) electrons. The first-order valence-electron chi connectivity index (χ1n) is 21.8. The fourth-order valence-corrected chi connectivity index (χ4v) is 10.1. The fraction of sp³-hybridized carbons (Fsp3) is 0.565. The van der Waals surface area contributed by atoms with Crippen LogP contribution in [-0.4, -0.2) is 136 Å². The number of ether oxygens (including phenoxy) is 3. The maximum atomic E-state index is 14.5. The molecule has 16 nitrogen and oxygen atoms in total. The van der Waals surface area contributed by atoms with Crippen LogP contribution in [0.15, 0.2) is 41.9 Å². The standard InChI is InChI=1S/C46H62N8O8S/c1-10-53-36-16-15-29-19-31(36)32(40(53)30-13-11-17-47-38(30)28(4)61-9)21-45(5,6)25-62-43(57)33-14-12-18-54(50-33)42(56)34(20-37-48-35(29)22-63-37)49-41(55)39(27(2)3)51(7)44(58)52-23-46(59,24-52)26-60-8/h11,13,15-17,19,22,27-28,33-34,39,50,59H,10,12,14,18,20-21,23-26H2,1-9H3,(H,49,55)/t28-,33-,34-,39?/m0/s1. The second-order valence-corrected chi connectivity index (χ2v) is 19.3. The van der Waals surface area contributed by atoms with Gasteiger partial charge in [0.1, 0.15) is 23.7 Å². The van der Waals surface area contributed by atoms with Crippen molar-refractivity contribution in [1.29, 1.82) is 0 Å². The number of carbonyl (C=O) groups excluding carboxylic acids is 4. The number of likely N-dealkylation sites (N-methyl/N-ethyl adjacent to an activating group) is 1. The zero-order valence-corrected chi connectivity index (χ0v) is 38.7. The van der Waals surface area contributed by atoms with E-state index in [0.29, 0.717) is 37.4 Å². The highest BCUT2D eigenvalue weighted by molar-refractivity contribution is 7.10. The van der Waals surface area contributed by atoms with Crippen molar-refractivity contribution in [3.63, 3.8) is 0 Å². The summed E-state index contributed by atoms with van der Waals surface area (Å²) in [5.41, 5.74) is 8.09. The number of cyclic esters (lactones) is 1. The maximum absolute atomic E-state index is 14.5. The third-order valence-corrected chi connectivity index (χ3v) is 13.3. The number of likely N-dealkylation sites (tertiary alicyclic amines) is 1. The van der Waals surface area contributed by atoms with Crippen LogP contribution >= 0.6 is 11.3 Å². The van der Waals surface area contributed by atoms with Gasteiger partial charge in [0.2, 0.25) is 5.91 Å². The SMILES string of the molecule is CCn1c(-c2cccnc2[C@H](C)OC)c2c3cc(ccc31)-c1csc(n1)C[C@H](NC(=O)C(C(C)C)N(C)C(=O)N1CC(O)(COC)C1)C(=O)N1CCC[C@H](N1)C(=O)OCC(C)(C)C2. The Hall–Kier alpha value is -4.94. The Morgan fingerprint density at radius 1 is 1.16 bits per heavy atom. The summed E-state index contributed by atoms with van der Waals surface area (Å²) >= 11 is 1.40. The molecule has 4 atom stereocenters. The molecule has 7 rings (SSSR count). The Bertz CT molecular complexity index is 2340. The number of carbonyl (C=O) groups is 4. The Labute approximate surface area is 373 Å². The molecule has 17 heteroatoms. The van der Waals surface area contributed by atoms with Gasteiger partial charge in [-0.2, -0.15) is 0 Å². The van der Waals surface area contributed by atoms with Crippen molar-refractivity contribution in [1.82, 2.24) is 40.1 Å². The summed E-state index contributed by atoms with van der Waals surface area (Å²) in [7, 11) is 4.72. The molecule has 3 N–H and O–H groups in total. The lowest BCUT2D eigenvalue weighted by atomic mass is 9.84. The summed E-state index contributed by atoms with van der Waals surface area (Å²) < 4.78 is 19.3. The fourth-order valence-electron chi connectivity index (χ4n) is 9.25. The minimum atomic E-state index is -1.14. The Kier molecular flexibility index (Phi) is 13.6. The van der Waals surface area contributed by atoms with Crippen LogP contribution in [0.4, 0.5) is 4.79 Å². The zero-order valence-electron chi connectivity index (χ0n) is 37.9. The molecule has 2 fully saturated rings. The van der Waals surface area contributed by atoms with E-state index >= 15 is 0 Å². The van der Waals surface area contributed by atoms with Gasteiger partial charge in [0.25, 0.3) is 5.91 Å². The van der Waals surface area contributed by atoms with Crippen molar-refractivity contribution in [3.05, 3.63) is 58.2 Å². The molecule has 2 saturated heterocycles. The highest BCUT2D eigenvalue weighted by atomic mass is 32.1. The molecule has 6 bridgehead atoms. The van der Waals surface area contributed by atoms with Crippen molar-refractivity contribution >= 4 is 46.1 Å². The van der Waals surface area contributed by atoms with E-state index in [1.165, 1.54) is 33.3 Å². The number of hydrogen-bond acceptors (Lipinski definition) is 12. The molecule has 1 unspecified atom stereocenters. The van der Waals surface area contributed by atoms with E-state index in [1.807, 2.05) is 32.2 Å². The molecule has 340 valence electrons. The lowest BCUT2D eigenvalue weighted by molar-refractivity contribution is -0.155. The third kappa shape index (κ3) is 9.48. The molecule has 6 heterocycles. The number of aliphatic hydroxyl groups is 1. The largest absolute Gasteiger partial charge is 0.464 e. The summed E-state index contributed by atoms with van der Waals surface area (Å²) in [5.74, 6) is -1.73. The number of fused-ring (bicyclic) bond motifs is 6. The van der Waals surface area contributed by atoms with Gasteiger partial charge in [-0.15, -0.1) is 11.3 Å². The van der Waals surface area contributed by atoms with Gasteiger partial charge < -0.3 is 39.0 Å². The summed E-state index contributed by atoms with van der Waals surface area (Å²) in [6, 6.07) is 7.15. The smallest absolute Gasteiger partial charge is 0.324 e. The van der Waals surface area contributed by atoms with E-state index in [0.717, 1.165) is 44.7 Å². The topological polar surface area (TPSA) is 181 Å². The molecule has 0 saturated carbocycles. The molecule has 3 aliphatic heterocycles. The molecule has 0 spiro atoms. The number of amides is 4. The monoisotopic (exact) mass is 886 g/mol. The van der Waals surface area contributed by atoms with Gasteiger partial charge in [0.05, 0.1) is 54.5 Å². The Morgan fingerprint density at radius 2 is 1.92 bits per heavy atom. The Balaban J connectivity index is 1.27. The van der Waals surface area contributed by atoms with Gasteiger partial charge in [-0.05, 0) is 68.9 Å². The van der Waals surface area contributed by atoms with Crippen molar-refractivity contribution < 1.29 is 38.5 Å². The number of aromatic nitrogens is 3. The van der Waals surface area contributed by atoms with E-state index in [4.69, 9.17) is 24.2 Å². The number of aryl methyl sites for hydroxylation is 1. The molecular formula is C46H62N8O8S. The molecular weight excluding hydrogens is 825 g/mol. The maximum Gasteiger partial charge on any atom is 0.324 e. The van der Waals surface area contributed by atoms with E-state index in [-0.39, 0.29) is 44.7 Å². The summed E-state index contributed by atoms with van der Waals surface area (Å²) in [6.45, 7) is 13.3. The quantitative estimate of drug-likeness (QED) is 0.183. The van der Waals surface area contributed by atoms with Crippen molar-refractivity contribution in [3.8, 4) is 22.5 Å². The Morgan fingerprint density at radius 3 is 2.62 bits per heavy atom. The number of thiazole rings is 1. The lowest BCUT2D eigenvalue weighted by Crippen LogP contribution is -2.69. The van der Waals surface area contributed by atoms with Gasteiger partial charge in [-0.1, -0.05) is 33.8 Å². The minimum Gasteiger partial charge on any atom is -0.464 e. The number of nitrogens with one attached hydrogen (secondary N) is 2.